The number of hydrogen-bond acceptors (Lipinski definition) is 3. The number of rotatable bonds is 3. The minimum Gasteiger partial charge on any atom is -0.489 e. The zero-order chi connectivity index (χ0) is 14.2. The van der Waals surface area contributed by atoms with Gasteiger partial charge in [0.15, 0.2) is 0 Å². The average Bonchev–Trinajstić information content (AvgIpc) is 2.39. The van der Waals surface area contributed by atoms with E-state index in [1.165, 1.54) is 12.5 Å². The molecule has 4 nitrogen and oxygen atoms in total. The number of ether oxygens (including phenoxy) is 2. The van der Waals surface area contributed by atoms with Gasteiger partial charge in [0.05, 0.1) is 12.2 Å². The first kappa shape index (κ1) is 13.7. The van der Waals surface area contributed by atoms with E-state index in [1.807, 2.05) is 0 Å². The predicted octanol–water partition coefficient (Wildman–Crippen LogP) is 3.52. The van der Waals surface area contributed by atoms with Crippen molar-refractivity contribution in [3.05, 3.63) is 28.8 Å². The van der Waals surface area contributed by atoms with Crippen LogP contribution in [0.25, 0.3) is 0 Å². The summed E-state index contributed by atoms with van der Waals surface area (Å²) in [7, 11) is 0. The van der Waals surface area contributed by atoms with E-state index in [4.69, 9.17) is 21.1 Å². The molecule has 1 saturated carbocycles. The van der Waals surface area contributed by atoms with Crippen molar-refractivity contribution < 1.29 is 19.4 Å². The Morgan fingerprint density at radius 2 is 2.25 bits per heavy atom. The molecule has 1 aromatic rings. The highest BCUT2D eigenvalue weighted by atomic mass is 35.5. The molecule has 1 N–H and O–H groups in total. The third-order valence-electron chi connectivity index (χ3n) is 4.18. The minimum absolute atomic E-state index is 0.0151. The highest BCUT2D eigenvalue weighted by molar-refractivity contribution is 6.31. The fourth-order valence-electron chi connectivity index (χ4n) is 2.95. The third-order valence-corrected chi connectivity index (χ3v) is 4.41. The Bertz CT molecular complexity index is 525. The van der Waals surface area contributed by atoms with Crippen molar-refractivity contribution in [1.82, 2.24) is 0 Å². The molecule has 1 spiro atoms. The number of halogens is 1. The van der Waals surface area contributed by atoms with Crippen molar-refractivity contribution in [2.75, 3.05) is 6.61 Å². The Hall–Kier alpha value is -1.26. The normalized spacial score (nSPS) is 24.1. The zero-order valence-electron chi connectivity index (χ0n) is 11.1. The summed E-state index contributed by atoms with van der Waals surface area (Å²) in [6.07, 6.45) is 5.02. The molecule has 0 amide bonds. The summed E-state index contributed by atoms with van der Waals surface area (Å²) < 4.78 is 11.8. The van der Waals surface area contributed by atoms with Gasteiger partial charge >= 0.3 is 5.97 Å². The van der Waals surface area contributed by atoms with E-state index in [0.29, 0.717) is 17.4 Å². The van der Waals surface area contributed by atoms with Crippen molar-refractivity contribution >= 4 is 17.6 Å². The summed E-state index contributed by atoms with van der Waals surface area (Å²) in [4.78, 5) is 11.2. The van der Waals surface area contributed by atoms with E-state index in [0.717, 1.165) is 25.7 Å². The Kier molecular flexibility index (Phi) is 3.61. The van der Waals surface area contributed by atoms with Crippen LogP contribution >= 0.6 is 11.6 Å². The Labute approximate surface area is 122 Å². The van der Waals surface area contributed by atoms with Crippen LogP contribution in [0.3, 0.4) is 0 Å². The Morgan fingerprint density at radius 3 is 2.90 bits per heavy atom. The average molecular weight is 297 g/mol. The van der Waals surface area contributed by atoms with Gasteiger partial charge in [-0.25, -0.2) is 4.79 Å². The lowest BCUT2D eigenvalue weighted by Gasteiger charge is -2.46. The van der Waals surface area contributed by atoms with E-state index < -0.39 is 5.97 Å². The van der Waals surface area contributed by atoms with E-state index in [-0.39, 0.29) is 17.3 Å². The van der Waals surface area contributed by atoms with Crippen LogP contribution in [0.4, 0.5) is 0 Å². The summed E-state index contributed by atoms with van der Waals surface area (Å²) >= 11 is 5.84. The lowest BCUT2D eigenvalue weighted by molar-refractivity contribution is -0.153. The molecular formula is C15H17ClO4. The summed E-state index contributed by atoms with van der Waals surface area (Å²) in [6.45, 7) is 0.681. The molecular weight excluding hydrogens is 280 g/mol. The molecule has 2 fully saturated rings. The fourth-order valence-corrected chi connectivity index (χ4v) is 3.13. The van der Waals surface area contributed by atoms with Gasteiger partial charge in [-0.05, 0) is 37.5 Å². The highest BCUT2D eigenvalue weighted by Gasteiger charge is 2.43. The first-order valence-electron chi connectivity index (χ1n) is 6.91. The summed E-state index contributed by atoms with van der Waals surface area (Å²) in [5, 5.41) is 9.62. The maximum absolute atomic E-state index is 11.2. The van der Waals surface area contributed by atoms with Crippen LogP contribution in [0.1, 0.15) is 42.5 Å². The Morgan fingerprint density at radius 1 is 1.45 bits per heavy atom. The second-order valence-electron chi connectivity index (χ2n) is 5.56. The molecule has 0 aromatic heterocycles. The van der Waals surface area contributed by atoms with Crippen molar-refractivity contribution in [2.24, 2.45) is 0 Å². The number of hydrogen-bond donors (Lipinski definition) is 1. The molecule has 1 aliphatic carbocycles. The van der Waals surface area contributed by atoms with Crippen molar-refractivity contribution in [1.29, 1.82) is 0 Å². The van der Waals surface area contributed by atoms with Gasteiger partial charge in [0.25, 0.3) is 0 Å². The molecule has 5 heteroatoms. The second kappa shape index (κ2) is 5.26. The molecule has 2 aliphatic rings. The second-order valence-corrected chi connectivity index (χ2v) is 6.00. The predicted molar refractivity (Wildman–Crippen MR) is 74.6 cm³/mol. The van der Waals surface area contributed by atoms with Crippen LogP contribution in [0.2, 0.25) is 5.02 Å². The van der Waals surface area contributed by atoms with E-state index in [2.05, 4.69) is 0 Å². The van der Waals surface area contributed by atoms with Gasteiger partial charge in [0, 0.05) is 17.9 Å². The number of benzene rings is 1. The summed E-state index contributed by atoms with van der Waals surface area (Å²) in [5.74, 6) is -0.629. The topological polar surface area (TPSA) is 55.8 Å². The van der Waals surface area contributed by atoms with Crippen LogP contribution in [0, 0.1) is 0 Å². The van der Waals surface area contributed by atoms with Crippen LogP contribution in [-0.2, 0) is 4.74 Å². The first-order valence-corrected chi connectivity index (χ1v) is 7.29. The van der Waals surface area contributed by atoms with E-state index in [9.17, 15) is 9.90 Å². The van der Waals surface area contributed by atoms with Gasteiger partial charge in [-0.2, -0.15) is 0 Å². The quantitative estimate of drug-likeness (QED) is 0.927. The van der Waals surface area contributed by atoms with Crippen molar-refractivity contribution in [3.8, 4) is 5.75 Å². The molecule has 0 radical (unpaired) electrons. The van der Waals surface area contributed by atoms with Crippen molar-refractivity contribution in [3.63, 3.8) is 0 Å². The van der Waals surface area contributed by atoms with Crippen molar-refractivity contribution in [2.45, 2.75) is 43.8 Å². The molecule has 108 valence electrons. The molecule has 1 aliphatic heterocycles. The third kappa shape index (κ3) is 2.63. The number of carboxylic acids is 1. The van der Waals surface area contributed by atoms with Crippen LogP contribution in [-0.4, -0.2) is 29.4 Å². The molecule has 1 heterocycles. The molecule has 20 heavy (non-hydrogen) atoms. The van der Waals surface area contributed by atoms with Gasteiger partial charge in [-0.15, -0.1) is 0 Å². The monoisotopic (exact) mass is 296 g/mol. The fraction of sp³-hybridized carbons (Fsp3) is 0.533. The van der Waals surface area contributed by atoms with Crippen LogP contribution in [0.15, 0.2) is 18.2 Å². The molecule has 3 rings (SSSR count). The lowest BCUT2D eigenvalue weighted by Crippen LogP contribution is -2.48. The standard InChI is InChI=1S/C15H17ClO4/c16-10-2-3-13(12(8-10)14(17)18)20-11-4-7-19-15(9-11)5-1-6-15/h2-3,8,11H,1,4-7,9H2,(H,17,18). The van der Waals surface area contributed by atoms with Gasteiger partial charge in [-0.3, -0.25) is 0 Å². The SMILES string of the molecule is O=C(O)c1cc(Cl)ccc1OC1CCOC2(CCC2)C1. The molecule has 0 bridgehead atoms. The largest absolute Gasteiger partial charge is 0.489 e. The lowest BCUT2D eigenvalue weighted by atomic mass is 9.74. The van der Waals surface area contributed by atoms with Gasteiger partial charge in [0.2, 0.25) is 0 Å². The van der Waals surface area contributed by atoms with E-state index >= 15 is 0 Å². The van der Waals surface area contributed by atoms with Gasteiger partial charge in [-0.1, -0.05) is 11.6 Å². The highest BCUT2D eigenvalue weighted by Crippen LogP contribution is 2.43. The maximum Gasteiger partial charge on any atom is 0.339 e. The first-order chi connectivity index (χ1) is 9.58. The van der Waals surface area contributed by atoms with E-state index in [1.54, 1.807) is 12.1 Å². The molecule has 1 atom stereocenters. The molecule has 1 unspecified atom stereocenters. The van der Waals surface area contributed by atoms with Gasteiger partial charge in [0.1, 0.15) is 17.4 Å². The summed E-state index contributed by atoms with van der Waals surface area (Å²) in [5.41, 5.74) is 0.102. The number of carboxylic acid groups (broad SMARTS) is 1. The smallest absolute Gasteiger partial charge is 0.339 e. The minimum atomic E-state index is -1.02. The Balaban J connectivity index is 1.75. The van der Waals surface area contributed by atoms with Gasteiger partial charge < -0.3 is 14.6 Å². The molecule has 1 saturated heterocycles. The number of carbonyl (C=O) groups is 1. The van der Waals surface area contributed by atoms with Crippen LogP contribution < -0.4 is 4.74 Å². The summed E-state index contributed by atoms with van der Waals surface area (Å²) in [6, 6.07) is 4.72. The molecule has 1 aromatic carbocycles. The number of aromatic carboxylic acids is 1. The zero-order valence-corrected chi connectivity index (χ0v) is 11.9. The maximum atomic E-state index is 11.2. The van der Waals surface area contributed by atoms with Crippen LogP contribution in [0.5, 0.6) is 5.75 Å².